The average molecular weight is 327 g/mol. The largest absolute Gasteiger partial charge is 0.494 e. The van der Waals surface area contributed by atoms with Crippen LogP contribution < -0.4 is 10.1 Å². The van der Waals surface area contributed by atoms with Gasteiger partial charge in [0.1, 0.15) is 5.75 Å². The highest BCUT2D eigenvalue weighted by Gasteiger charge is 2.17. The normalized spacial score (nSPS) is 16.2. The molecule has 1 aliphatic rings. The van der Waals surface area contributed by atoms with Crippen molar-refractivity contribution in [1.82, 2.24) is 5.32 Å². The number of hydrogen-bond acceptors (Lipinski definition) is 4. The van der Waals surface area contributed by atoms with Gasteiger partial charge in [0.25, 0.3) is 0 Å². The van der Waals surface area contributed by atoms with Crippen LogP contribution in [0.3, 0.4) is 0 Å². The Labute approximate surface area is 143 Å². The van der Waals surface area contributed by atoms with Gasteiger partial charge in [-0.1, -0.05) is 36.4 Å². The van der Waals surface area contributed by atoms with E-state index in [1.165, 1.54) is 11.1 Å². The fourth-order valence-corrected chi connectivity index (χ4v) is 2.75. The number of ether oxygens (including phenoxy) is 3. The van der Waals surface area contributed by atoms with Crippen molar-refractivity contribution in [2.75, 3.05) is 19.8 Å². The van der Waals surface area contributed by atoms with E-state index in [-0.39, 0.29) is 12.3 Å². The van der Waals surface area contributed by atoms with Crippen LogP contribution in [0.15, 0.2) is 48.5 Å². The number of nitrogens with one attached hydrogen (secondary N) is 1. The molecule has 4 heteroatoms. The van der Waals surface area contributed by atoms with E-state index in [0.29, 0.717) is 19.8 Å². The summed E-state index contributed by atoms with van der Waals surface area (Å²) >= 11 is 0. The summed E-state index contributed by atoms with van der Waals surface area (Å²) in [4.78, 5) is 0. The van der Waals surface area contributed by atoms with E-state index in [2.05, 4.69) is 48.6 Å². The molecule has 0 saturated carbocycles. The van der Waals surface area contributed by atoms with Crippen LogP contribution in [-0.4, -0.2) is 19.8 Å². The lowest BCUT2D eigenvalue weighted by Crippen LogP contribution is -2.18. The van der Waals surface area contributed by atoms with E-state index in [1.54, 1.807) is 0 Å². The third-order valence-corrected chi connectivity index (χ3v) is 4.18. The summed E-state index contributed by atoms with van der Waals surface area (Å²) in [6, 6.07) is 16.9. The van der Waals surface area contributed by atoms with E-state index < -0.39 is 0 Å². The molecule has 4 nitrogen and oxygen atoms in total. The van der Waals surface area contributed by atoms with E-state index in [0.717, 1.165) is 17.9 Å². The summed E-state index contributed by atoms with van der Waals surface area (Å²) in [5.74, 6) is 0.917. The molecule has 1 N–H and O–H groups in total. The first kappa shape index (κ1) is 17.0. The highest BCUT2D eigenvalue weighted by atomic mass is 16.7. The van der Waals surface area contributed by atoms with Crippen LogP contribution in [0.4, 0.5) is 0 Å². The average Bonchev–Trinajstić information content (AvgIpc) is 3.16. The van der Waals surface area contributed by atoms with Gasteiger partial charge in [0.15, 0.2) is 6.29 Å². The maximum Gasteiger partial charge on any atom is 0.184 e. The Morgan fingerprint density at radius 2 is 1.71 bits per heavy atom. The Kier molecular flexibility index (Phi) is 5.86. The second-order valence-electron chi connectivity index (χ2n) is 5.92. The summed E-state index contributed by atoms with van der Waals surface area (Å²) in [6.45, 7) is 7.03. The quantitative estimate of drug-likeness (QED) is 0.835. The summed E-state index contributed by atoms with van der Waals surface area (Å²) < 4.78 is 16.5. The van der Waals surface area contributed by atoms with Crippen LogP contribution in [0.1, 0.15) is 42.9 Å². The van der Waals surface area contributed by atoms with Crippen molar-refractivity contribution in [2.45, 2.75) is 32.7 Å². The van der Waals surface area contributed by atoms with Crippen LogP contribution in [0.25, 0.3) is 0 Å². The van der Waals surface area contributed by atoms with Gasteiger partial charge in [0, 0.05) is 18.2 Å². The molecule has 0 amide bonds. The molecule has 0 bridgehead atoms. The van der Waals surface area contributed by atoms with Gasteiger partial charge in [0.2, 0.25) is 0 Å². The van der Waals surface area contributed by atoms with Crippen LogP contribution in [0.2, 0.25) is 0 Å². The molecule has 0 radical (unpaired) electrons. The molecule has 2 aromatic rings. The van der Waals surface area contributed by atoms with Crippen LogP contribution in [-0.2, 0) is 16.0 Å². The molecule has 1 fully saturated rings. The Morgan fingerprint density at radius 3 is 2.33 bits per heavy atom. The molecular weight excluding hydrogens is 302 g/mol. The van der Waals surface area contributed by atoms with E-state index in [9.17, 15) is 0 Å². The van der Waals surface area contributed by atoms with Crippen molar-refractivity contribution in [3.05, 3.63) is 65.2 Å². The third kappa shape index (κ3) is 4.35. The van der Waals surface area contributed by atoms with Crippen LogP contribution in [0.5, 0.6) is 5.75 Å². The van der Waals surface area contributed by atoms with E-state index in [4.69, 9.17) is 14.2 Å². The van der Waals surface area contributed by atoms with Gasteiger partial charge in [-0.15, -0.1) is 0 Å². The molecule has 0 aliphatic carbocycles. The van der Waals surface area contributed by atoms with Gasteiger partial charge in [0.05, 0.1) is 19.8 Å². The fraction of sp³-hybridized carbons (Fsp3) is 0.400. The maximum atomic E-state index is 5.51. The predicted molar refractivity (Wildman–Crippen MR) is 94.0 cm³/mol. The van der Waals surface area contributed by atoms with Gasteiger partial charge in [-0.05, 0) is 37.1 Å². The molecule has 0 unspecified atom stereocenters. The van der Waals surface area contributed by atoms with Crippen LogP contribution >= 0.6 is 0 Å². The standard InChI is InChI=1S/C20H25NO3/c1-3-22-19-10-8-17(9-11-19)15(2)21-14-16-4-6-18(7-5-16)20-23-12-13-24-20/h4-11,15,20-21H,3,12-14H2,1-2H3/t15-/m0/s1. The van der Waals surface area contributed by atoms with Gasteiger partial charge in [-0.25, -0.2) is 0 Å². The zero-order valence-electron chi connectivity index (χ0n) is 14.3. The highest BCUT2D eigenvalue weighted by molar-refractivity contribution is 5.29. The van der Waals surface area contributed by atoms with E-state index in [1.807, 2.05) is 19.1 Å². The van der Waals surface area contributed by atoms with Gasteiger partial charge in [-0.3, -0.25) is 0 Å². The lowest BCUT2D eigenvalue weighted by molar-refractivity contribution is -0.0441. The van der Waals surface area contributed by atoms with Crippen molar-refractivity contribution >= 4 is 0 Å². The van der Waals surface area contributed by atoms with Crippen molar-refractivity contribution < 1.29 is 14.2 Å². The van der Waals surface area contributed by atoms with Gasteiger partial charge < -0.3 is 19.5 Å². The Morgan fingerprint density at radius 1 is 1.04 bits per heavy atom. The zero-order valence-corrected chi connectivity index (χ0v) is 14.3. The van der Waals surface area contributed by atoms with Gasteiger partial charge in [-0.2, -0.15) is 0 Å². The Balaban J connectivity index is 1.52. The van der Waals surface area contributed by atoms with Crippen molar-refractivity contribution in [1.29, 1.82) is 0 Å². The predicted octanol–water partition coefficient (Wildman–Crippen LogP) is 3.98. The van der Waals surface area contributed by atoms with Crippen LogP contribution in [0, 0.1) is 0 Å². The topological polar surface area (TPSA) is 39.7 Å². The molecule has 3 rings (SSSR count). The van der Waals surface area contributed by atoms with Crippen molar-refractivity contribution in [2.24, 2.45) is 0 Å². The van der Waals surface area contributed by atoms with E-state index >= 15 is 0 Å². The monoisotopic (exact) mass is 327 g/mol. The fourth-order valence-electron chi connectivity index (χ4n) is 2.75. The summed E-state index contributed by atoms with van der Waals surface area (Å²) in [5, 5.41) is 3.55. The van der Waals surface area contributed by atoms with Crippen molar-refractivity contribution in [3.8, 4) is 5.75 Å². The minimum atomic E-state index is -0.199. The Hall–Kier alpha value is -1.88. The molecule has 24 heavy (non-hydrogen) atoms. The molecule has 0 aromatic heterocycles. The molecule has 128 valence electrons. The summed E-state index contributed by atoms with van der Waals surface area (Å²) in [7, 11) is 0. The summed E-state index contributed by atoms with van der Waals surface area (Å²) in [5.41, 5.74) is 3.58. The number of benzene rings is 2. The first-order valence-corrected chi connectivity index (χ1v) is 8.54. The minimum absolute atomic E-state index is 0.199. The maximum absolute atomic E-state index is 5.51. The molecular formula is C20H25NO3. The molecule has 1 atom stereocenters. The summed E-state index contributed by atoms with van der Waals surface area (Å²) in [6.07, 6.45) is -0.199. The number of rotatable bonds is 7. The lowest BCUT2D eigenvalue weighted by atomic mass is 10.1. The molecule has 1 aliphatic heterocycles. The first-order chi connectivity index (χ1) is 11.8. The number of hydrogen-bond donors (Lipinski definition) is 1. The molecule has 1 heterocycles. The zero-order chi connectivity index (χ0) is 16.8. The SMILES string of the molecule is CCOc1ccc([C@H](C)NCc2ccc(C3OCCO3)cc2)cc1. The van der Waals surface area contributed by atoms with Gasteiger partial charge >= 0.3 is 0 Å². The third-order valence-electron chi connectivity index (χ3n) is 4.18. The lowest BCUT2D eigenvalue weighted by Gasteiger charge is -2.15. The molecule has 1 saturated heterocycles. The minimum Gasteiger partial charge on any atom is -0.494 e. The van der Waals surface area contributed by atoms with Crippen molar-refractivity contribution in [3.63, 3.8) is 0 Å². The first-order valence-electron chi connectivity index (χ1n) is 8.54. The molecule has 0 spiro atoms. The Bertz CT molecular complexity index is 618. The second-order valence-corrected chi connectivity index (χ2v) is 5.92. The smallest absolute Gasteiger partial charge is 0.184 e. The molecule has 2 aromatic carbocycles. The second kappa shape index (κ2) is 8.29. The highest BCUT2D eigenvalue weighted by Crippen LogP contribution is 2.23.